The number of benzene rings is 1. The predicted molar refractivity (Wildman–Crippen MR) is 53.4 cm³/mol. The Kier molecular flexibility index (Phi) is 3.20. The molecule has 0 atom stereocenters. The van der Waals surface area contributed by atoms with Crippen LogP contribution in [-0.2, 0) is 9.05 Å². The summed E-state index contributed by atoms with van der Waals surface area (Å²) in [6.45, 7) is 0. The standard InChI is InChI=1S/C8H5ClO6S/c9-16(14,15)5-3-1-2-4(7(10)11)6(5)8(12)13/h1-3H,(H,10,11)(H,12,13). The SMILES string of the molecule is O=C(O)c1cccc(S(=O)(=O)Cl)c1C(=O)O. The van der Waals surface area contributed by atoms with E-state index >= 15 is 0 Å². The van der Waals surface area contributed by atoms with Crippen LogP contribution in [0, 0.1) is 0 Å². The molecule has 0 heterocycles. The summed E-state index contributed by atoms with van der Waals surface area (Å²) < 4.78 is 22.1. The molecule has 0 saturated heterocycles. The predicted octanol–water partition coefficient (Wildman–Crippen LogP) is 1.01. The molecule has 6 nitrogen and oxygen atoms in total. The van der Waals surface area contributed by atoms with Crippen LogP contribution >= 0.6 is 10.7 Å². The van der Waals surface area contributed by atoms with Crippen LogP contribution in [-0.4, -0.2) is 30.6 Å². The van der Waals surface area contributed by atoms with Gasteiger partial charge in [0.15, 0.2) is 0 Å². The molecule has 0 spiro atoms. The molecule has 0 saturated carbocycles. The van der Waals surface area contributed by atoms with E-state index in [1.165, 1.54) is 0 Å². The van der Waals surface area contributed by atoms with Crippen molar-refractivity contribution in [1.82, 2.24) is 0 Å². The molecule has 0 aromatic heterocycles. The second-order valence-electron chi connectivity index (χ2n) is 2.73. The number of aromatic carboxylic acids is 2. The van der Waals surface area contributed by atoms with Crippen LogP contribution in [0.4, 0.5) is 0 Å². The zero-order chi connectivity index (χ0) is 12.5. The average Bonchev–Trinajstić information content (AvgIpc) is 2.14. The van der Waals surface area contributed by atoms with Crippen LogP contribution in [0.2, 0.25) is 0 Å². The molecular weight excluding hydrogens is 260 g/mol. The van der Waals surface area contributed by atoms with Crippen LogP contribution in [0.3, 0.4) is 0 Å². The summed E-state index contributed by atoms with van der Waals surface area (Å²) in [6, 6.07) is 3.01. The minimum Gasteiger partial charge on any atom is -0.478 e. The highest BCUT2D eigenvalue weighted by molar-refractivity contribution is 8.13. The van der Waals surface area contributed by atoms with Crippen LogP contribution in [0.5, 0.6) is 0 Å². The van der Waals surface area contributed by atoms with Crippen molar-refractivity contribution in [2.75, 3.05) is 0 Å². The number of carboxylic acid groups (broad SMARTS) is 2. The van der Waals surface area contributed by atoms with Gasteiger partial charge in [-0.05, 0) is 12.1 Å². The minimum atomic E-state index is -4.31. The van der Waals surface area contributed by atoms with Gasteiger partial charge >= 0.3 is 11.9 Å². The summed E-state index contributed by atoms with van der Waals surface area (Å²) in [5.41, 5.74) is -1.47. The first-order valence-electron chi connectivity index (χ1n) is 3.79. The molecule has 1 rings (SSSR count). The van der Waals surface area contributed by atoms with Crippen LogP contribution in [0.1, 0.15) is 20.7 Å². The second-order valence-corrected chi connectivity index (χ2v) is 5.26. The number of hydrogen-bond donors (Lipinski definition) is 2. The molecule has 0 radical (unpaired) electrons. The molecule has 16 heavy (non-hydrogen) atoms. The Labute approximate surface area is 94.5 Å². The summed E-state index contributed by atoms with van der Waals surface area (Å²) in [5.74, 6) is -3.21. The maximum absolute atomic E-state index is 11.0. The molecular formula is C8H5ClO6S. The van der Waals surface area contributed by atoms with E-state index in [1.54, 1.807) is 0 Å². The van der Waals surface area contributed by atoms with Crippen molar-refractivity contribution < 1.29 is 28.2 Å². The van der Waals surface area contributed by atoms with E-state index in [9.17, 15) is 18.0 Å². The Morgan fingerprint density at radius 2 is 1.69 bits per heavy atom. The molecule has 1 aromatic carbocycles. The number of carbonyl (C=O) groups is 2. The van der Waals surface area contributed by atoms with Gasteiger partial charge in [-0.25, -0.2) is 18.0 Å². The van der Waals surface area contributed by atoms with E-state index < -0.39 is 37.0 Å². The number of carboxylic acids is 2. The minimum absolute atomic E-state index is 0.630. The fraction of sp³-hybridized carbons (Fsp3) is 0. The molecule has 0 aliphatic rings. The summed E-state index contributed by atoms with van der Waals surface area (Å²) in [5, 5.41) is 17.5. The highest BCUT2D eigenvalue weighted by atomic mass is 35.7. The first-order chi connectivity index (χ1) is 7.25. The average molecular weight is 265 g/mol. The molecule has 1 aromatic rings. The Bertz CT molecular complexity index is 562. The summed E-state index contributed by atoms with van der Waals surface area (Å²) >= 11 is 0. The highest BCUT2D eigenvalue weighted by Gasteiger charge is 2.25. The van der Waals surface area contributed by atoms with Gasteiger partial charge in [0.1, 0.15) is 0 Å². The second kappa shape index (κ2) is 4.11. The normalized spacial score (nSPS) is 11.1. The Hall–Kier alpha value is -1.60. The summed E-state index contributed by atoms with van der Waals surface area (Å²) in [4.78, 5) is 20.8. The first kappa shape index (κ1) is 12.5. The van der Waals surface area contributed by atoms with Crippen LogP contribution < -0.4 is 0 Å². The van der Waals surface area contributed by atoms with Crippen LogP contribution in [0.25, 0.3) is 0 Å². The van der Waals surface area contributed by atoms with Crippen molar-refractivity contribution in [2.24, 2.45) is 0 Å². The van der Waals surface area contributed by atoms with Gasteiger partial charge in [-0.15, -0.1) is 0 Å². The van der Waals surface area contributed by atoms with Gasteiger partial charge < -0.3 is 10.2 Å². The van der Waals surface area contributed by atoms with Gasteiger partial charge in [0.2, 0.25) is 0 Å². The molecule has 0 amide bonds. The van der Waals surface area contributed by atoms with E-state index in [-0.39, 0.29) is 0 Å². The van der Waals surface area contributed by atoms with Crippen molar-refractivity contribution >= 4 is 31.7 Å². The lowest BCUT2D eigenvalue weighted by Crippen LogP contribution is -2.12. The van der Waals surface area contributed by atoms with Gasteiger partial charge in [-0.1, -0.05) is 6.07 Å². The highest BCUT2D eigenvalue weighted by Crippen LogP contribution is 2.23. The molecule has 0 bridgehead atoms. The molecule has 0 aliphatic carbocycles. The molecule has 8 heteroatoms. The maximum atomic E-state index is 11.0. The van der Waals surface area contributed by atoms with Gasteiger partial charge in [0.25, 0.3) is 9.05 Å². The van der Waals surface area contributed by atoms with E-state index in [4.69, 9.17) is 20.9 Å². The molecule has 0 aliphatic heterocycles. The quantitative estimate of drug-likeness (QED) is 0.789. The van der Waals surface area contributed by atoms with Gasteiger partial charge in [-0.3, -0.25) is 0 Å². The van der Waals surface area contributed by atoms with E-state index in [0.717, 1.165) is 18.2 Å². The zero-order valence-electron chi connectivity index (χ0n) is 7.55. The smallest absolute Gasteiger partial charge is 0.337 e. The summed E-state index contributed by atoms with van der Waals surface area (Å²) in [7, 11) is 0.694. The van der Waals surface area contributed by atoms with Crippen molar-refractivity contribution in [1.29, 1.82) is 0 Å². The molecule has 0 fully saturated rings. The third-order valence-electron chi connectivity index (χ3n) is 1.73. The lowest BCUT2D eigenvalue weighted by molar-refractivity contribution is 0.0648. The third-order valence-corrected chi connectivity index (χ3v) is 3.10. The number of halogens is 1. The Balaban J connectivity index is 3.72. The van der Waals surface area contributed by atoms with Crippen molar-refractivity contribution in [3.05, 3.63) is 29.3 Å². The largest absolute Gasteiger partial charge is 0.478 e. The van der Waals surface area contributed by atoms with Crippen molar-refractivity contribution in [3.8, 4) is 0 Å². The lowest BCUT2D eigenvalue weighted by atomic mass is 10.1. The van der Waals surface area contributed by atoms with Crippen molar-refractivity contribution in [2.45, 2.75) is 4.90 Å². The fourth-order valence-electron chi connectivity index (χ4n) is 1.13. The fourth-order valence-corrected chi connectivity index (χ4v) is 2.20. The van der Waals surface area contributed by atoms with E-state index in [0.29, 0.717) is 0 Å². The Morgan fingerprint density at radius 1 is 1.12 bits per heavy atom. The summed E-state index contributed by atoms with van der Waals surface area (Å²) in [6.07, 6.45) is 0. The zero-order valence-corrected chi connectivity index (χ0v) is 9.12. The van der Waals surface area contributed by atoms with Crippen LogP contribution in [0.15, 0.2) is 23.1 Å². The van der Waals surface area contributed by atoms with Gasteiger partial charge in [0.05, 0.1) is 16.0 Å². The lowest BCUT2D eigenvalue weighted by Gasteiger charge is -2.05. The van der Waals surface area contributed by atoms with Gasteiger partial charge in [0, 0.05) is 10.7 Å². The molecule has 0 unspecified atom stereocenters. The molecule has 86 valence electrons. The van der Waals surface area contributed by atoms with Crippen molar-refractivity contribution in [3.63, 3.8) is 0 Å². The van der Waals surface area contributed by atoms with E-state index in [1.807, 2.05) is 0 Å². The van der Waals surface area contributed by atoms with Gasteiger partial charge in [-0.2, -0.15) is 0 Å². The third kappa shape index (κ3) is 2.31. The topological polar surface area (TPSA) is 109 Å². The monoisotopic (exact) mass is 264 g/mol. The van der Waals surface area contributed by atoms with E-state index in [2.05, 4.69) is 0 Å². The molecule has 2 N–H and O–H groups in total. The Morgan fingerprint density at radius 3 is 2.06 bits per heavy atom. The number of hydrogen-bond acceptors (Lipinski definition) is 4. The maximum Gasteiger partial charge on any atom is 0.337 e. The number of rotatable bonds is 3. The first-order valence-corrected chi connectivity index (χ1v) is 6.10.